The van der Waals surface area contributed by atoms with Gasteiger partial charge in [-0.05, 0) is 25.1 Å². The Balaban J connectivity index is 1.60. The minimum absolute atomic E-state index is 0.0785. The first-order valence-electron chi connectivity index (χ1n) is 7.50. The lowest BCUT2D eigenvalue weighted by Crippen LogP contribution is -2.15. The van der Waals surface area contributed by atoms with Crippen LogP contribution >= 0.6 is 23.1 Å². The van der Waals surface area contributed by atoms with Gasteiger partial charge in [-0.15, -0.1) is 23.1 Å². The molecule has 0 aliphatic heterocycles. The average molecular weight is 373 g/mol. The summed E-state index contributed by atoms with van der Waals surface area (Å²) in [6, 6.07) is 8.40. The fourth-order valence-electron chi connectivity index (χ4n) is 2.30. The first-order chi connectivity index (χ1) is 12.0. The smallest absolute Gasteiger partial charge is 0.337 e. The minimum atomic E-state index is -1.07. The maximum Gasteiger partial charge on any atom is 0.337 e. The fourth-order valence-corrected chi connectivity index (χ4v) is 4.13. The Morgan fingerprint density at radius 3 is 2.88 bits per heavy atom. The van der Waals surface area contributed by atoms with Crippen molar-refractivity contribution in [3.05, 3.63) is 47.1 Å². The van der Waals surface area contributed by atoms with E-state index in [0.717, 1.165) is 15.2 Å². The number of carbonyl (C=O) groups is 2. The number of fused-ring (bicyclic) bond motifs is 1. The van der Waals surface area contributed by atoms with Crippen LogP contribution in [0.15, 0.2) is 41.7 Å². The number of amides is 1. The molecule has 2 N–H and O–H groups in total. The van der Waals surface area contributed by atoms with E-state index in [-0.39, 0.29) is 17.9 Å². The van der Waals surface area contributed by atoms with E-state index in [1.165, 1.54) is 29.0 Å². The standard InChI is InChI=1S/C17H15N3O3S2/c1-10-8-12-15(18-9-19-16(12)25-10)24-7-6-14(21)20-13-5-3-2-4-11(13)17(22)23/h2-5,8-9H,6-7H2,1H3,(H,20,21)(H,22,23). The van der Waals surface area contributed by atoms with Crippen molar-refractivity contribution in [3.8, 4) is 0 Å². The van der Waals surface area contributed by atoms with Gasteiger partial charge in [-0.2, -0.15) is 0 Å². The maximum absolute atomic E-state index is 12.1. The summed E-state index contributed by atoms with van der Waals surface area (Å²) in [5.41, 5.74) is 0.387. The molecule has 0 saturated heterocycles. The average Bonchev–Trinajstić information content (AvgIpc) is 2.96. The molecule has 0 atom stereocenters. The molecule has 0 aliphatic carbocycles. The number of thiophene rings is 1. The summed E-state index contributed by atoms with van der Waals surface area (Å²) in [5.74, 6) is -0.753. The van der Waals surface area contributed by atoms with Gasteiger partial charge in [0.2, 0.25) is 5.91 Å². The van der Waals surface area contributed by atoms with Gasteiger partial charge in [0.15, 0.2) is 0 Å². The van der Waals surface area contributed by atoms with E-state index >= 15 is 0 Å². The Labute approximate surface area is 152 Å². The monoisotopic (exact) mass is 373 g/mol. The van der Waals surface area contributed by atoms with Gasteiger partial charge in [-0.3, -0.25) is 4.79 Å². The summed E-state index contributed by atoms with van der Waals surface area (Å²) >= 11 is 3.10. The van der Waals surface area contributed by atoms with Gasteiger partial charge in [0, 0.05) is 22.4 Å². The Kier molecular flexibility index (Phi) is 5.30. The number of anilines is 1. The van der Waals surface area contributed by atoms with Crippen molar-refractivity contribution in [2.75, 3.05) is 11.1 Å². The molecule has 2 heterocycles. The van der Waals surface area contributed by atoms with Gasteiger partial charge in [0.25, 0.3) is 0 Å². The first kappa shape index (κ1) is 17.4. The number of nitrogens with zero attached hydrogens (tertiary/aromatic N) is 2. The van der Waals surface area contributed by atoms with Crippen molar-refractivity contribution in [1.29, 1.82) is 0 Å². The van der Waals surface area contributed by atoms with Gasteiger partial charge in [-0.1, -0.05) is 12.1 Å². The Morgan fingerprint density at radius 1 is 1.28 bits per heavy atom. The number of para-hydroxylation sites is 1. The molecule has 3 aromatic rings. The number of benzene rings is 1. The fraction of sp³-hybridized carbons (Fsp3) is 0.176. The molecule has 6 nitrogen and oxygen atoms in total. The summed E-state index contributed by atoms with van der Waals surface area (Å²) in [6.45, 7) is 2.02. The Hall–Kier alpha value is -2.45. The van der Waals surface area contributed by atoms with E-state index in [2.05, 4.69) is 15.3 Å². The molecule has 0 unspecified atom stereocenters. The van der Waals surface area contributed by atoms with E-state index in [9.17, 15) is 9.59 Å². The lowest BCUT2D eigenvalue weighted by molar-refractivity contribution is -0.115. The number of hydrogen-bond acceptors (Lipinski definition) is 6. The molecule has 2 aromatic heterocycles. The maximum atomic E-state index is 12.1. The third-order valence-corrected chi connectivity index (χ3v) is 5.38. The predicted octanol–water partition coefficient (Wildman–Crippen LogP) is 3.82. The van der Waals surface area contributed by atoms with Gasteiger partial charge >= 0.3 is 5.97 Å². The van der Waals surface area contributed by atoms with Crippen molar-refractivity contribution in [2.45, 2.75) is 18.4 Å². The number of carbonyl (C=O) groups excluding carboxylic acids is 1. The van der Waals surface area contributed by atoms with Gasteiger partial charge < -0.3 is 10.4 Å². The number of aromatic carboxylic acids is 1. The quantitative estimate of drug-likeness (QED) is 0.504. The second kappa shape index (κ2) is 7.62. The molecule has 0 radical (unpaired) electrons. The second-order valence-corrected chi connectivity index (χ2v) is 7.57. The van der Waals surface area contributed by atoms with Crippen LogP contribution in [0.5, 0.6) is 0 Å². The van der Waals surface area contributed by atoms with Crippen LogP contribution in [0.25, 0.3) is 10.2 Å². The normalized spacial score (nSPS) is 10.8. The molecule has 0 saturated carbocycles. The SMILES string of the molecule is Cc1cc2c(SCCC(=O)Nc3ccccc3C(=O)O)ncnc2s1. The van der Waals surface area contributed by atoms with Gasteiger partial charge in [0.05, 0.1) is 11.3 Å². The van der Waals surface area contributed by atoms with Crippen LogP contribution in [0, 0.1) is 6.92 Å². The van der Waals surface area contributed by atoms with Crippen LogP contribution in [0.2, 0.25) is 0 Å². The number of nitrogens with one attached hydrogen (secondary N) is 1. The van der Waals surface area contributed by atoms with Crippen LogP contribution in [0.1, 0.15) is 21.7 Å². The number of carboxylic acids is 1. The topological polar surface area (TPSA) is 92.2 Å². The third-order valence-electron chi connectivity index (χ3n) is 3.42. The highest BCUT2D eigenvalue weighted by Crippen LogP contribution is 2.30. The van der Waals surface area contributed by atoms with Gasteiger partial charge in [-0.25, -0.2) is 14.8 Å². The molecule has 1 aromatic carbocycles. The van der Waals surface area contributed by atoms with Crippen molar-refractivity contribution >= 4 is 50.9 Å². The number of hydrogen-bond donors (Lipinski definition) is 2. The number of aryl methyl sites for hydroxylation is 1. The molecule has 0 aliphatic rings. The molecule has 0 bridgehead atoms. The molecule has 3 rings (SSSR count). The van der Waals surface area contributed by atoms with Crippen molar-refractivity contribution in [2.24, 2.45) is 0 Å². The van der Waals surface area contributed by atoms with Crippen LogP contribution in [0.4, 0.5) is 5.69 Å². The lowest BCUT2D eigenvalue weighted by atomic mass is 10.2. The van der Waals surface area contributed by atoms with E-state index in [1.54, 1.807) is 29.5 Å². The number of carboxylic acid groups (broad SMARTS) is 1. The van der Waals surface area contributed by atoms with Crippen molar-refractivity contribution in [1.82, 2.24) is 9.97 Å². The molecule has 128 valence electrons. The molecule has 8 heteroatoms. The van der Waals surface area contributed by atoms with E-state index in [0.29, 0.717) is 11.4 Å². The summed E-state index contributed by atoms with van der Waals surface area (Å²) in [7, 11) is 0. The highest BCUT2D eigenvalue weighted by molar-refractivity contribution is 7.99. The van der Waals surface area contributed by atoms with E-state index in [4.69, 9.17) is 5.11 Å². The summed E-state index contributed by atoms with van der Waals surface area (Å²) in [4.78, 5) is 33.9. The van der Waals surface area contributed by atoms with Crippen LogP contribution < -0.4 is 5.32 Å². The lowest BCUT2D eigenvalue weighted by Gasteiger charge is -2.08. The molecular formula is C17H15N3O3S2. The highest BCUT2D eigenvalue weighted by atomic mass is 32.2. The van der Waals surface area contributed by atoms with E-state index in [1.807, 2.05) is 13.0 Å². The zero-order valence-electron chi connectivity index (χ0n) is 13.4. The van der Waals surface area contributed by atoms with Crippen LogP contribution in [0.3, 0.4) is 0 Å². The minimum Gasteiger partial charge on any atom is -0.478 e. The molecule has 25 heavy (non-hydrogen) atoms. The number of aromatic nitrogens is 2. The number of thioether (sulfide) groups is 1. The molecular weight excluding hydrogens is 358 g/mol. The number of rotatable bonds is 6. The van der Waals surface area contributed by atoms with Crippen LogP contribution in [-0.2, 0) is 4.79 Å². The highest BCUT2D eigenvalue weighted by Gasteiger charge is 2.12. The molecule has 1 amide bonds. The largest absolute Gasteiger partial charge is 0.478 e. The zero-order chi connectivity index (χ0) is 17.8. The summed E-state index contributed by atoms with van der Waals surface area (Å²) < 4.78 is 0. The molecule has 0 spiro atoms. The Morgan fingerprint density at radius 2 is 2.08 bits per heavy atom. The molecule has 0 fully saturated rings. The van der Waals surface area contributed by atoms with Crippen molar-refractivity contribution < 1.29 is 14.7 Å². The second-order valence-electron chi connectivity index (χ2n) is 5.25. The van der Waals surface area contributed by atoms with Gasteiger partial charge in [0.1, 0.15) is 16.2 Å². The Bertz CT molecular complexity index is 940. The third kappa shape index (κ3) is 4.15. The first-order valence-corrected chi connectivity index (χ1v) is 9.31. The van der Waals surface area contributed by atoms with Crippen molar-refractivity contribution in [3.63, 3.8) is 0 Å². The van der Waals surface area contributed by atoms with Crippen LogP contribution in [-0.4, -0.2) is 32.7 Å². The summed E-state index contributed by atoms with van der Waals surface area (Å²) in [5, 5.41) is 13.7. The summed E-state index contributed by atoms with van der Waals surface area (Å²) in [6.07, 6.45) is 1.79. The predicted molar refractivity (Wildman–Crippen MR) is 99.5 cm³/mol. The zero-order valence-corrected chi connectivity index (χ0v) is 15.0. The van der Waals surface area contributed by atoms with E-state index < -0.39 is 5.97 Å².